The number of amides is 1. The summed E-state index contributed by atoms with van der Waals surface area (Å²) in [5.41, 5.74) is 8.62. The van der Waals surface area contributed by atoms with Crippen molar-refractivity contribution >= 4 is 46.8 Å². The molecule has 1 aliphatic rings. The number of aryl methyl sites for hydroxylation is 1. The van der Waals surface area contributed by atoms with Gasteiger partial charge >= 0.3 is 0 Å². The first-order valence-corrected chi connectivity index (χ1v) is 10.3. The summed E-state index contributed by atoms with van der Waals surface area (Å²) in [5.74, 6) is -0.191. The van der Waals surface area contributed by atoms with Gasteiger partial charge < -0.3 is 9.88 Å². The van der Waals surface area contributed by atoms with Gasteiger partial charge in [0.25, 0.3) is 5.91 Å². The molecule has 3 rings (SSSR count). The molecule has 1 amide bonds. The van der Waals surface area contributed by atoms with E-state index in [1.165, 1.54) is 29.7 Å². The Morgan fingerprint density at radius 2 is 1.92 bits per heavy atom. The number of thiazole rings is 1. The van der Waals surface area contributed by atoms with E-state index in [0.717, 1.165) is 24.1 Å². The van der Waals surface area contributed by atoms with E-state index in [0.29, 0.717) is 15.1 Å². The number of nitrogens with zero attached hydrogens (tertiary/aromatic N) is 1. The molecule has 1 aromatic heterocycles. The van der Waals surface area contributed by atoms with E-state index in [2.05, 4.69) is 28.3 Å². The van der Waals surface area contributed by atoms with Crippen LogP contribution in [0.3, 0.4) is 0 Å². The third-order valence-corrected chi connectivity index (χ3v) is 5.93. The molecule has 0 aliphatic heterocycles. The summed E-state index contributed by atoms with van der Waals surface area (Å²) in [6, 6.07) is 8.59. The van der Waals surface area contributed by atoms with E-state index in [9.17, 15) is 4.79 Å². The topological polar surface area (TPSA) is 58.1 Å². The van der Waals surface area contributed by atoms with Crippen LogP contribution in [0.2, 0.25) is 0 Å². The lowest BCUT2D eigenvalue weighted by Gasteiger charge is -2.16. The highest BCUT2D eigenvalue weighted by Gasteiger charge is 2.16. The molecule has 0 spiro atoms. The zero-order valence-electron chi connectivity index (χ0n) is 14.6. The number of hydrogen-bond donors (Lipinski definition) is 3. The molecule has 0 bridgehead atoms. The van der Waals surface area contributed by atoms with E-state index < -0.39 is 0 Å². The zero-order valence-corrected chi connectivity index (χ0v) is 17.0. The van der Waals surface area contributed by atoms with E-state index >= 15 is 0 Å². The third kappa shape index (κ3) is 4.90. The number of hydrogen-bond acceptors (Lipinski definition) is 4. The zero-order chi connectivity index (χ0) is 18.5. The maximum absolute atomic E-state index is 12.3. The van der Waals surface area contributed by atoms with Gasteiger partial charge in [0, 0.05) is 11.4 Å². The molecule has 0 radical (unpaired) electrons. The largest absolute Gasteiger partial charge is 0.359 e. The van der Waals surface area contributed by atoms with Gasteiger partial charge in [-0.25, -0.2) is 0 Å². The SMILES string of the molecule is Cc1ccc(-c2csc(=S)n2CC(=O)NNC(=S)NC2CCCC2)cc1. The second-order valence-corrected chi connectivity index (χ2v) is 8.38. The number of carbonyl (C=O) groups excluding carboxylic acids is 1. The van der Waals surface area contributed by atoms with Crippen LogP contribution in [0, 0.1) is 10.9 Å². The Kier molecular flexibility index (Phi) is 6.39. The van der Waals surface area contributed by atoms with Gasteiger partial charge in [0.15, 0.2) is 9.07 Å². The molecule has 5 nitrogen and oxygen atoms in total. The van der Waals surface area contributed by atoms with Gasteiger partial charge in [0.2, 0.25) is 0 Å². The van der Waals surface area contributed by atoms with Crippen LogP contribution in [0.15, 0.2) is 29.6 Å². The van der Waals surface area contributed by atoms with Gasteiger partial charge in [-0.1, -0.05) is 42.7 Å². The highest BCUT2D eigenvalue weighted by atomic mass is 32.1. The molecule has 1 heterocycles. The molecule has 1 saturated carbocycles. The highest BCUT2D eigenvalue weighted by molar-refractivity contribution is 7.80. The first kappa shape index (κ1) is 19.0. The molecule has 26 heavy (non-hydrogen) atoms. The molecular formula is C18H22N4OS3. The third-order valence-electron chi connectivity index (χ3n) is 4.44. The van der Waals surface area contributed by atoms with Gasteiger partial charge in [0.1, 0.15) is 6.54 Å². The van der Waals surface area contributed by atoms with Crippen LogP contribution in [0.25, 0.3) is 11.3 Å². The molecule has 0 atom stereocenters. The lowest BCUT2D eigenvalue weighted by Crippen LogP contribution is -2.49. The Morgan fingerprint density at radius 3 is 2.62 bits per heavy atom. The fraction of sp³-hybridized carbons (Fsp3) is 0.389. The van der Waals surface area contributed by atoms with Gasteiger partial charge in [0.05, 0.1) is 5.69 Å². The Morgan fingerprint density at radius 1 is 1.23 bits per heavy atom. The Balaban J connectivity index is 1.59. The minimum atomic E-state index is -0.191. The lowest BCUT2D eigenvalue weighted by molar-refractivity contribution is -0.122. The number of aromatic nitrogens is 1. The predicted octanol–water partition coefficient (Wildman–Crippen LogP) is 3.69. The molecule has 8 heteroatoms. The van der Waals surface area contributed by atoms with Crippen molar-refractivity contribution in [3.8, 4) is 11.3 Å². The highest BCUT2D eigenvalue weighted by Crippen LogP contribution is 2.24. The fourth-order valence-electron chi connectivity index (χ4n) is 3.03. The molecule has 138 valence electrons. The molecule has 1 aromatic carbocycles. The van der Waals surface area contributed by atoms with E-state index in [-0.39, 0.29) is 12.5 Å². The van der Waals surface area contributed by atoms with E-state index in [1.54, 1.807) is 0 Å². The molecule has 1 fully saturated rings. The number of carbonyl (C=O) groups is 1. The quantitative estimate of drug-likeness (QED) is 0.534. The predicted molar refractivity (Wildman–Crippen MR) is 113 cm³/mol. The van der Waals surface area contributed by atoms with Crippen molar-refractivity contribution in [3.05, 3.63) is 39.2 Å². The number of thiocarbonyl (C=S) groups is 1. The van der Waals surface area contributed by atoms with Crippen LogP contribution >= 0.6 is 35.8 Å². The normalized spacial score (nSPS) is 14.2. The summed E-state index contributed by atoms with van der Waals surface area (Å²) < 4.78 is 2.51. The van der Waals surface area contributed by atoms with E-state index in [1.807, 2.05) is 29.0 Å². The van der Waals surface area contributed by atoms with E-state index in [4.69, 9.17) is 24.4 Å². The smallest absolute Gasteiger partial charge is 0.258 e. The van der Waals surface area contributed by atoms with Crippen LogP contribution in [0.5, 0.6) is 0 Å². The summed E-state index contributed by atoms with van der Waals surface area (Å²) in [6.07, 6.45) is 4.70. The number of hydrazine groups is 1. The Bertz CT molecular complexity index is 835. The summed E-state index contributed by atoms with van der Waals surface area (Å²) in [4.78, 5) is 12.3. The molecule has 1 aliphatic carbocycles. The summed E-state index contributed by atoms with van der Waals surface area (Å²) >= 11 is 12.1. The van der Waals surface area contributed by atoms with Gasteiger partial charge in [-0.2, -0.15) is 0 Å². The second-order valence-electron chi connectivity index (χ2n) is 6.47. The monoisotopic (exact) mass is 406 g/mol. The van der Waals surface area contributed by atoms with Crippen LogP contribution in [0.4, 0.5) is 0 Å². The maximum atomic E-state index is 12.3. The lowest BCUT2D eigenvalue weighted by atomic mass is 10.1. The van der Waals surface area contributed by atoms with Crippen molar-refractivity contribution in [2.45, 2.75) is 45.2 Å². The number of benzene rings is 1. The minimum absolute atomic E-state index is 0.143. The molecule has 2 aromatic rings. The van der Waals surface area contributed by atoms with Crippen molar-refractivity contribution in [2.24, 2.45) is 0 Å². The summed E-state index contributed by atoms with van der Waals surface area (Å²) in [5, 5.41) is 5.67. The van der Waals surface area contributed by atoms with Gasteiger partial charge in [-0.05, 0) is 49.8 Å². The number of nitrogens with one attached hydrogen (secondary N) is 3. The molecule has 0 saturated heterocycles. The first-order chi connectivity index (χ1) is 12.5. The summed E-state index contributed by atoms with van der Waals surface area (Å²) in [6.45, 7) is 2.19. The molecule has 3 N–H and O–H groups in total. The minimum Gasteiger partial charge on any atom is -0.359 e. The standard InChI is InChI=1S/C18H22N4OS3/c1-12-6-8-13(9-7-12)15-11-26-18(25)22(15)10-16(23)20-21-17(24)19-14-4-2-3-5-14/h6-9,11,14H,2-5,10H2,1H3,(H,20,23)(H2,19,21,24). The molecule has 0 unspecified atom stereocenters. The average Bonchev–Trinajstić information content (AvgIpc) is 3.25. The first-order valence-electron chi connectivity index (χ1n) is 8.63. The Labute approximate surface area is 167 Å². The van der Waals surface area contributed by atoms with Crippen LogP contribution in [0.1, 0.15) is 31.2 Å². The Hall–Kier alpha value is -1.77. The van der Waals surface area contributed by atoms with Crippen LogP contribution in [-0.2, 0) is 11.3 Å². The number of rotatable bonds is 4. The van der Waals surface area contributed by atoms with Crippen molar-refractivity contribution in [3.63, 3.8) is 0 Å². The van der Waals surface area contributed by atoms with Crippen molar-refractivity contribution < 1.29 is 4.79 Å². The summed E-state index contributed by atoms with van der Waals surface area (Å²) in [7, 11) is 0. The second kappa shape index (κ2) is 8.75. The van der Waals surface area contributed by atoms with Crippen molar-refractivity contribution in [1.29, 1.82) is 0 Å². The van der Waals surface area contributed by atoms with Gasteiger partial charge in [-0.3, -0.25) is 15.6 Å². The average molecular weight is 407 g/mol. The van der Waals surface area contributed by atoms with Crippen molar-refractivity contribution in [1.82, 2.24) is 20.7 Å². The van der Waals surface area contributed by atoms with Gasteiger partial charge in [-0.15, -0.1) is 11.3 Å². The fourth-order valence-corrected chi connectivity index (χ4v) is 4.32. The van der Waals surface area contributed by atoms with Crippen LogP contribution in [-0.4, -0.2) is 21.6 Å². The van der Waals surface area contributed by atoms with Crippen LogP contribution < -0.4 is 16.2 Å². The molecular weight excluding hydrogens is 384 g/mol. The van der Waals surface area contributed by atoms with Crippen molar-refractivity contribution in [2.75, 3.05) is 0 Å². The maximum Gasteiger partial charge on any atom is 0.258 e.